The Kier molecular flexibility index (Phi) is 11.8. The summed E-state index contributed by atoms with van der Waals surface area (Å²) in [6.07, 6.45) is 0. The van der Waals surface area contributed by atoms with Crippen molar-refractivity contribution in [1.82, 2.24) is 10.6 Å². The minimum absolute atomic E-state index is 0. The van der Waals surface area contributed by atoms with Crippen LogP contribution in [0.2, 0.25) is 0 Å². The first-order valence-electron chi connectivity index (χ1n) is 10.1. The molecule has 10 nitrogen and oxygen atoms in total. The van der Waals surface area contributed by atoms with Crippen molar-refractivity contribution >= 4 is 59.6 Å². The third-order valence-electron chi connectivity index (χ3n) is 4.77. The van der Waals surface area contributed by atoms with Crippen molar-refractivity contribution in [2.45, 2.75) is 0 Å². The van der Waals surface area contributed by atoms with E-state index in [0.29, 0.717) is 0 Å². The van der Waals surface area contributed by atoms with Gasteiger partial charge in [0, 0.05) is 24.2 Å². The van der Waals surface area contributed by atoms with E-state index in [2.05, 4.69) is 21.3 Å². The van der Waals surface area contributed by atoms with Crippen LogP contribution in [0.25, 0.3) is 0 Å². The molecule has 184 valence electrons. The van der Waals surface area contributed by atoms with Crippen molar-refractivity contribution in [2.24, 2.45) is 0 Å². The van der Waals surface area contributed by atoms with Gasteiger partial charge in [-0.2, -0.15) is 0 Å². The highest BCUT2D eigenvalue weighted by molar-refractivity contribution is 6.32. The molecule has 34 heavy (non-hydrogen) atoms. The molecule has 0 aromatic heterocycles. The Morgan fingerprint density at radius 3 is 1.41 bits per heavy atom. The minimum Gasteiger partial charge on any atom is -0.395 e. The predicted molar refractivity (Wildman–Crippen MR) is 131 cm³/mol. The van der Waals surface area contributed by atoms with Crippen molar-refractivity contribution in [1.29, 1.82) is 0 Å². The van der Waals surface area contributed by atoms with Crippen LogP contribution >= 0.6 is 24.8 Å². The molecule has 6 N–H and O–H groups in total. The molecule has 1 aliphatic carbocycles. The fourth-order valence-corrected chi connectivity index (χ4v) is 3.38. The largest absolute Gasteiger partial charge is 0.395 e. The number of anilines is 2. The summed E-state index contributed by atoms with van der Waals surface area (Å²) in [5.74, 6) is -1.79. The second-order valence-electron chi connectivity index (χ2n) is 7.01. The van der Waals surface area contributed by atoms with Crippen LogP contribution in [0.4, 0.5) is 11.4 Å². The summed E-state index contributed by atoms with van der Waals surface area (Å²) >= 11 is 0. The van der Waals surface area contributed by atoms with Gasteiger partial charge in [0.15, 0.2) is 11.6 Å². The number of ketones is 2. The van der Waals surface area contributed by atoms with Gasteiger partial charge in [0.25, 0.3) is 0 Å². The zero-order chi connectivity index (χ0) is 23.1. The van der Waals surface area contributed by atoms with Gasteiger partial charge in [-0.25, -0.2) is 0 Å². The number of hydrogen-bond acceptors (Lipinski definition) is 8. The zero-order valence-corrected chi connectivity index (χ0v) is 19.7. The first kappa shape index (κ1) is 29.2. The highest BCUT2D eigenvalue weighted by atomic mass is 35.5. The first-order valence-corrected chi connectivity index (χ1v) is 10.1. The summed E-state index contributed by atoms with van der Waals surface area (Å²) in [6.45, 7) is 0.00532. The van der Waals surface area contributed by atoms with E-state index in [1.807, 2.05) is 0 Å². The van der Waals surface area contributed by atoms with Crippen LogP contribution in [0.3, 0.4) is 0 Å². The minimum atomic E-state index is -0.454. The Bertz CT molecular complexity index is 982. The summed E-state index contributed by atoms with van der Waals surface area (Å²) < 4.78 is 0. The Balaban J connectivity index is 0.00000289. The molecule has 0 fully saturated rings. The summed E-state index contributed by atoms with van der Waals surface area (Å²) in [4.78, 5) is 51.1. The molecular formula is C22H26Cl2N4O6. The third-order valence-corrected chi connectivity index (χ3v) is 4.77. The summed E-state index contributed by atoms with van der Waals surface area (Å²) in [5.41, 5.74) is 0.745. The fourth-order valence-electron chi connectivity index (χ4n) is 3.38. The Hall–Kier alpha value is -2.86. The number of benzene rings is 2. The second kappa shape index (κ2) is 13.8. The SMILES string of the molecule is Cl.Cl.O=C(CNCCO)Nc1ccc(NC(=O)CNCCO)c2c1C(=O)c1ccccc1C2=O. The van der Waals surface area contributed by atoms with Crippen LogP contribution < -0.4 is 21.3 Å². The van der Waals surface area contributed by atoms with Crippen LogP contribution in [-0.4, -0.2) is 73.0 Å². The van der Waals surface area contributed by atoms with Crippen LogP contribution in [0.15, 0.2) is 36.4 Å². The van der Waals surface area contributed by atoms with Crippen molar-refractivity contribution < 1.29 is 29.4 Å². The molecule has 3 rings (SSSR count). The molecule has 0 atom stereocenters. The van der Waals surface area contributed by atoms with Gasteiger partial charge in [-0.05, 0) is 12.1 Å². The molecule has 0 aliphatic heterocycles. The van der Waals surface area contributed by atoms with Crippen molar-refractivity contribution in [3.05, 3.63) is 58.7 Å². The lowest BCUT2D eigenvalue weighted by atomic mass is 9.82. The molecule has 0 unspecified atom stereocenters. The van der Waals surface area contributed by atoms with Crippen molar-refractivity contribution in [2.75, 3.05) is 50.0 Å². The van der Waals surface area contributed by atoms with E-state index in [-0.39, 0.29) is 97.8 Å². The molecule has 2 amide bonds. The lowest BCUT2D eigenvalue weighted by Gasteiger charge is -2.23. The molecule has 12 heteroatoms. The molecule has 0 radical (unpaired) electrons. The number of fused-ring (bicyclic) bond motifs is 2. The second-order valence-corrected chi connectivity index (χ2v) is 7.01. The summed E-state index contributed by atoms with van der Waals surface area (Å²) in [5, 5.41) is 28.4. The molecular weight excluding hydrogens is 487 g/mol. The number of hydrogen-bond donors (Lipinski definition) is 6. The maximum Gasteiger partial charge on any atom is 0.238 e. The van der Waals surface area contributed by atoms with Gasteiger partial charge < -0.3 is 31.5 Å². The molecule has 2 aromatic carbocycles. The zero-order valence-electron chi connectivity index (χ0n) is 18.1. The summed E-state index contributed by atoms with van der Waals surface area (Å²) in [7, 11) is 0. The van der Waals surface area contributed by atoms with E-state index < -0.39 is 23.4 Å². The van der Waals surface area contributed by atoms with Gasteiger partial charge in [-0.15, -0.1) is 24.8 Å². The number of nitrogens with one attached hydrogen (secondary N) is 4. The third kappa shape index (κ3) is 6.60. The topological polar surface area (TPSA) is 157 Å². The first-order chi connectivity index (χ1) is 15.5. The van der Waals surface area contributed by atoms with Gasteiger partial charge in [0.05, 0.1) is 48.8 Å². The number of aliphatic hydroxyl groups is 2. The van der Waals surface area contributed by atoms with E-state index >= 15 is 0 Å². The van der Waals surface area contributed by atoms with Gasteiger partial charge in [0.1, 0.15) is 0 Å². The van der Waals surface area contributed by atoms with Crippen molar-refractivity contribution in [3.8, 4) is 0 Å². The monoisotopic (exact) mass is 512 g/mol. The normalized spacial score (nSPS) is 11.5. The Morgan fingerprint density at radius 2 is 1.06 bits per heavy atom. The van der Waals surface area contributed by atoms with E-state index in [0.717, 1.165) is 0 Å². The molecule has 0 saturated heterocycles. The molecule has 2 aromatic rings. The number of carbonyl (C=O) groups is 4. The standard InChI is InChI=1S/C22H24N4O6.2ClH/c27-9-7-23-11-17(29)25-15-5-6-16(26-18(30)12-24-8-10-28)20-19(15)21(31)13-3-1-2-4-14(13)22(20)32;;/h1-6,23-24,27-28H,7-12H2,(H,25,29)(H,26,30);2*1H. The molecule has 0 bridgehead atoms. The maximum absolute atomic E-state index is 13.3. The van der Waals surface area contributed by atoms with E-state index in [4.69, 9.17) is 10.2 Å². The molecule has 0 spiro atoms. The fraction of sp³-hybridized carbons (Fsp3) is 0.273. The van der Waals surface area contributed by atoms with Crippen LogP contribution in [0.5, 0.6) is 0 Å². The van der Waals surface area contributed by atoms with Gasteiger partial charge in [-0.1, -0.05) is 24.3 Å². The van der Waals surface area contributed by atoms with Gasteiger partial charge >= 0.3 is 0 Å². The van der Waals surface area contributed by atoms with E-state index in [1.165, 1.54) is 24.3 Å². The van der Waals surface area contributed by atoms with Gasteiger partial charge in [0.2, 0.25) is 11.8 Å². The summed E-state index contributed by atoms with van der Waals surface area (Å²) in [6, 6.07) is 9.28. The van der Waals surface area contributed by atoms with Crippen LogP contribution in [-0.2, 0) is 9.59 Å². The highest BCUT2D eigenvalue weighted by Gasteiger charge is 2.34. The smallest absolute Gasteiger partial charge is 0.238 e. The van der Waals surface area contributed by atoms with Crippen molar-refractivity contribution in [3.63, 3.8) is 0 Å². The number of aliphatic hydroxyl groups excluding tert-OH is 2. The maximum atomic E-state index is 13.3. The average molecular weight is 513 g/mol. The molecule has 0 heterocycles. The Labute approximate surface area is 208 Å². The number of halogens is 2. The molecule has 0 saturated carbocycles. The van der Waals surface area contributed by atoms with Crippen LogP contribution in [0.1, 0.15) is 31.8 Å². The number of carbonyl (C=O) groups excluding carboxylic acids is 4. The average Bonchev–Trinajstić information content (AvgIpc) is 2.78. The number of rotatable bonds is 10. The number of amides is 2. The van der Waals surface area contributed by atoms with E-state index in [9.17, 15) is 19.2 Å². The van der Waals surface area contributed by atoms with Crippen LogP contribution in [0, 0.1) is 0 Å². The lowest BCUT2D eigenvalue weighted by Crippen LogP contribution is -2.32. The lowest BCUT2D eigenvalue weighted by molar-refractivity contribution is -0.116. The Morgan fingerprint density at radius 1 is 0.676 bits per heavy atom. The van der Waals surface area contributed by atoms with E-state index in [1.54, 1.807) is 12.1 Å². The predicted octanol–water partition coefficient (Wildman–Crippen LogP) is 0.346. The molecule has 1 aliphatic rings. The highest BCUT2D eigenvalue weighted by Crippen LogP contribution is 2.36. The quantitative estimate of drug-likeness (QED) is 0.212. The van der Waals surface area contributed by atoms with Gasteiger partial charge in [-0.3, -0.25) is 19.2 Å².